The Bertz CT molecular complexity index is 432. The molecule has 4 nitrogen and oxygen atoms in total. The highest BCUT2D eigenvalue weighted by molar-refractivity contribution is 5.84. The maximum atomic E-state index is 10.7. The summed E-state index contributed by atoms with van der Waals surface area (Å²) in [4.78, 5) is 10.7. The molecular weight excluding hydrogens is 252 g/mol. The van der Waals surface area contributed by atoms with Crippen LogP contribution in [0.5, 0.6) is 0 Å². The number of aryl methyl sites for hydroxylation is 1. The maximum Gasteiger partial charge on any atom is 0.356 e. The molecule has 0 unspecified atom stereocenters. The second-order valence-electron chi connectivity index (χ2n) is 5.05. The molecule has 0 amide bonds. The van der Waals surface area contributed by atoms with E-state index in [-0.39, 0.29) is 5.69 Å². The van der Waals surface area contributed by atoms with Crippen LogP contribution >= 0.6 is 0 Å². The maximum absolute atomic E-state index is 10.7. The summed E-state index contributed by atoms with van der Waals surface area (Å²) in [5.74, 6) is 1.70. The van der Waals surface area contributed by atoms with E-state index in [4.69, 9.17) is 11.5 Å². The molecule has 20 heavy (non-hydrogen) atoms. The number of aromatic carboxylic acids is 1. The van der Waals surface area contributed by atoms with E-state index in [1.165, 1.54) is 38.5 Å². The number of unbranched alkanes of at least 4 members (excludes halogenated alkanes) is 8. The van der Waals surface area contributed by atoms with Crippen molar-refractivity contribution >= 4 is 5.97 Å². The molecule has 0 aliphatic rings. The van der Waals surface area contributed by atoms with Gasteiger partial charge in [0.25, 0.3) is 0 Å². The first-order chi connectivity index (χ1) is 9.74. The van der Waals surface area contributed by atoms with Crippen molar-refractivity contribution in [2.45, 2.75) is 64.3 Å². The van der Waals surface area contributed by atoms with Crippen LogP contribution in [0.1, 0.15) is 68.3 Å². The quantitative estimate of drug-likeness (QED) is 0.495. The lowest BCUT2D eigenvalue weighted by atomic mass is 10.1. The lowest BCUT2D eigenvalue weighted by Crippen LogP contribution is -2.02. The number of carboxylic acids is 1. The van der Waals surface area contributed by atoms with Crippen LogP contribution in [0.4, 0.5) is 0 Å². The molecule has 1 rings (SSSR count). The summed E-state index contributed by atoms with van der Waals surface area (Å²) in [6.07, 6.45) is 17.5. The van der Waals surface area contributed by atoms with Crippen LogP contribution in [-0.2, 0) is 6.54 Å². The number of hydrogen-bond donors (Lipinski definition) is 1. The van der Waals surface area contributed by atoms with Gasteiger partial charge in [-0.1, -0.05) is 38.5 Å². The Hall–Kier alpha value is -1.76. The summed E-state index contributed by atoms with van der Waals surface area (Å²) in [7, 11) is 0. The second-order valence-corrected chi connectivity index (χ2v) is 5.05. The average Bonchev–Trinajstić information content (AvgIpc) is 2.90. The van der Waals surface area contributed by atoms with Gasteiger partial charge in [0.1, 0.15) is 0 Å². The SMILES string of the molecule is C#CCCCCCCCCCCn1ccc(C(=O)O)n1. The first kappa shape index (κ1) is 16.3. The van der Waals surface area contributed by atoms with Gasteiger partial charge in [0.15, 0.2) is 5.69 Å². The average molecular weight is 276 g/mol. The number of aromatic nitrogens is 2. The summed E-state index contributed by atoms with van der Waals surface area (Å²) in [5, 5.41) is 12.7. The number of terminal acetylenes is 1. The van der Waals surface area contributed by atoms with Gasteiger partial charge in [0.2, 0.25) is 0 Å². The van der Waals surface area contributed by atoms with E-state index in [2.05, 4.69) is 11.0 Å². The number of hydrogen-bond acceptors (Lipinski definition) is 2. The standard InChI is InChI=1S/C16H24N2O2/c1-2-3-4-5-6-7-8-9-10-11-13-18-14-12-15(17-18)16(19)20/h1,12,14H,3-11,13H2,(H,19,20). The molecule has 4 heteroatoms. The van der Waals surface area contributed by atoms with Crippen LogP contribution in [0.15, 0.2) is 12.3 Å². The highest BCUT2D eigenvalue weighted by Crippen LogP contribution is 2.10. The Morgan fingerprint density at radius 1 is 1.15 bits per heavy atom. The molecule has 0 fully saturated rings. The Balaban J connectivity index is 1.94. The van der Waals surface area contributed by atoms with Crippen molar-refractivity contribution in [1.29, 1.82) is 0 Å². The lowest BCUT2D eigenvalue weighted by molar-refractivity contribution is 0.0689. The molecule has 0 radical (unpaired) electrons. The minimum Gasteiger partial charge on any atom is -0.476 e. The Morgan fingerprint density at radius 2 is 1.75 bits per heavy atom. The third-order valence-corrected chi connectivity index (χ3v) is 3.32. The van der Waals surface area contributed by atoms with Crippen LogP contribution in [0.2, 0.25) is 0 Å². The van der Waals surface area contributed by atoms with Crippen LogP contribution in [0, 0.1) is 12.3 Å². The zero-order chi connectivity index (χ0) is 14.6. The van der Waals surface area contributed by atoms with Gasteiger partial charge in [0.05, 0.1) is 0 Å². The fourth-order valence-corrected chi connectivity index (χ4v) is 2.16. The summed E-state index contributed by atoms with van der Waals surface area (Å²) in [6.45, 7) is 0.801. The van der Waals surface area contributed by atoms with Crippen molar-refractivity contribution < 1.29 is 9.90 Å². The number of nitrogens with zero attached hydrogens (tertiary/aromatic N) is 2. The topological polar surface area (TPSA) is 55.1 Å². The first-order valence-electron chi connectivity index (χ1n) is 7.44. The molecule has 0 aliphatic carbocycles. The van der Waals surface area contributed by atoms with Gasteiger partial charge in [-0.15, -0.1) is 12.3 Å². The van der Waals surface area contributed by atoms with Crippen LogP contribution in [0.3, 0.4) is 0 Å². The minimum absolute atomic E-state index is 0.122. The largest absolute Gasteiger partial charge is 0.476 e. The van der Waals surface area contributed by atoms with Crippen molar-refractivity contribution in [1.82, 2.24) is 9.78 Å². The Labute approximate surface area is 121 Å². The summed E-state index contributed by atoms with van der Waals surface area (Å²) >= 11 is 0. The molecule has 0 atom stereocenters. The monoisotopic (exact) mass is 276 g/mol. The van der Waals surface area contributed by atoms with E-state index < -0.39 is 5.97 Å². The molecule has 1 heterocycles. The van der Waals surface area contributed by atoms with E-state index in [9.17, 15) is 4.79 Å². The van der Waals surface area contributed by atoms with Gasteiger partial charge in [-0.3, -0.25) is 4.68 Å². The summed E-state index contributed by atoms with van der Waals surface area (Å²) in [6, 6.07) is 1.54. The molecule has 110 valence electrons. The first-order valence-corrected chi connectivity index (χ1v) is 7.44. The highest BCUT2D eigenvalue weighted by Gasteiger charge is 2.05. The Morgan fingerprint density at radius 3 is 2.30 bits per heavy atom. The molecule has 0 saturated carbocycles. The van der Waals surface area contributed by atoms with E-state index >= 15 is 0 Å². The highest BCUT2D eigenvalue weighted by atomic mass is 16.4. The van der Waals surface area contributed by atoms with E-state index in [1.54, 1.807) is 16.9 Å². The molecular formula is C16H24N2O2. The van der Waals surface area contributed by atoms with Crippen LogP contribution in [-0.4, -0.2) is 20.9 Å². The normalized spacial score (nSPS) is 10.3. The molecule has 1 aromatic heterocycles. The van der Waals surface area contributed by atoms with E-state index in [0.717, 1.165) is 25.8 Å². The van der Waals surface area contributed by atoms with E-state index in [1.807, 2.05) is 0 Å². The van der Waals surface area contributed by atoms with Gasteiger partial charge >= 0.3 is 5.97 Å². The fraction of sp³-hybridized carbons (Fsp3) is 0.625. The predicted octanol–water partition coefficient (Wildman–Crippen LogP) is 3.73. The molecule has 1 N–H and O–H groups in total. The third-order valence-electron chi connectivity index (χ3n) is 3.32. The Kier molecular flexibility index (Phi) is 8.21. The lowest BCUT2D eigenvalue weighted by Gasteiger charge is -2.02. The molecule has 0 spiro atoms. The third kappa shape index (κ3) is 6.98. The van der Waals surface area contributed by atoms with Crippen molar-refractivity contribution in [2.75, 3.05) is 0 Å². The number of carboxylic acid groups (broad SMARTS) is 1. The van der Waals surface area contributed by atoms with Crippen molar-refractivity contribution in [3.05, 3.63) is 18.0 Å². The van der Waals surface area contributed by atoms with Crippen molar-refractivity contribution in [2.24, 2.45) is 0 Å². The zero-order valence-electron chi connectivity index (χ0n) is 12.1. The second kappa shape index (κ2) is 10.1. The molecule has 0 aliphatic heterocycles. The van der Waals surface area contributed by atoms with Crippen LogP contribution in [0.25, 0.3) is 0 Å². The van der Waals surface area contributed by atoms with Crippen LogP contribution < -0.4 is 0 Å². The zero-order valence-corrected chi connectivity index (χ0v) is 12.1. The molecule has 0 saturated heterocycles. The van der Waals surface area contributed by atoms with E-state index in [0.29, 0.717) is 0 Å². The molecule has 1 aromatic rings. The minimum atomic E-state index is -0.964. The number of rotatable bonds is 11. The smallest absolute Gasteiger partial charge is 0.356 e. The van der Waals surface area contributed by atoms with Gasteiger partial charge in [-0.2, -0.15) is 5.10 Å². The number of carbonyl (C=O) groups is 1. The predicted molar refractivity (Wildman–Crippen MR) is 79.6 cm³/mol. The molecule has 0 bridgehead atoms. The van der Waals surface area contributed by atoms with Crippen molar-refractivity contribution in [3.63, 3.8) is 0 Å². The van der Waals surface area contributed by atoms with Gasteiger partial charge in [-0.05, 0) is 18.9 Å². The molecule has 0 aromatic carbocycles. The summed E-state index contributed by atoms with van der Waals surface area (Å²) < 4.78 is 1.71. The van der Waals surface area contributed by atoms with Gasteiger partial charge in [0, 0.05) is 19.2 Å². The van der Waals surface area contributed by atoms with Crippen molar-refractivity contribution in [3.8, 4) is 12.3 Å². The fourth-order valence-electron chi connectivity index (χ4n) is 2.16. The van der Waals surface area contributed by atoms with Gasteiger partial charge in [-0.25, -0.2) is 4.79 Å². The van der Waals surface area contributed by atoms with Gasteiger partial charge < -0.3 is 5.11 Å². The summed E-state index contributed by atoms with van der Waals surface area (Å²) in [5.41, 5.74) is 0.122.